The first-order valence-electron chi connectivity index (χ1n) is 6.03. The average Bonchev–Trinajstić information content (AvgIpc) is 2.00. The predicted molar refractivity (Wildman–Crippen MR) is 81.6 cm³/mol. The van der Waals surface area contributed by atoms with Crippen LogP contribution in [0.15, 0.2) is 0 Å². The molecule has 0 bridgehead atoms. The third kappa shape index (κ3) is 13.2. The minimum atomic E-state index is -1.22. The Balaban J connectivity index is 3.23. The first kappa shape index (κ1) is 15.2. The first-order valence-corrected chi connectivity index (χ1v) is 12.6. The molecule has 0 fully saturated rings. The van der Waals surface area contributed by atoms with Crippen molar-refractivity contribution < 1.29 is 0 Å². The van der Waals surface area contributed by atoms with E-state index < -0.39 is 4.25 Å². The number of hydrogen-bond donors (Lipinski definition) is 0. The van der Waals surface area contributed by atoms with Gasteiger partial charge in [-0.1, -0.05) is 0 Å². The van der Waals surface area contributed by atoms with Gasteiger partial charge in [-0.25, -0.2) is 0 Å². The van der Waals surface area contributed by atoms with Crippen LogP contribution >= 0.6 is 26.3 Å². The average molecular weight is 330 g/mol. The second-order valence-corrected chi connectivity index (χ2v) is 22.8. The SMILES string of the molecule is CCCCCCCCCP(C)(C)(C)I. The summed E-state index contributed by atoms with van der Waals surface area (Å²) in [5.74, 6) is 0. The van der Waals surface area contributed by atoms with E-state index in [0.717, 1.165) is 0 Å². The van der Waals surface area contributed by atoms with Crippen LogP contribution in [0.25, 0.3) is 0 Å². The monoisotopic (exact) mass is 330 g/mol. The molecule has 2 heteroatoms. The molecule has 0 amide bonds. The quantitative estimate of drug-likeness (QED) is 0.312. The van der Waals surface area contributed by atoms with E-state index in [0.29, 0.717) is 0 Å². The van der Waals surface area contributed by atoms with Crippen molar-refractivity contribution in [2.24, 2.45) is 0 Å². The van der Waals surface area contributed by atoms with E-state index in [2.05, 4.69) is 49.0 Å². The Morgan fingerprint density at radius 2 is 1.21 bits per heavy atom. The van der Waals surface area contributed by atoms with Crippen LogP contribution < -0.4 is 0 Å². The molecular formula is C12H28IP. The van der Waals surface area contributed by atoms with Crippen LogP contribution in [0.2, 0.25) is 0 Å². The molecule has 0 N–H and O–H groups in total. The number of halogens is 1. The van der Waals surface area contributed by atoms with Gasteiger partial charge in [0.15, 0.2) is 0 Å². The summed E-state index contributed by atoms with van der Waals surface area (Å²) in [5.41, 5.74) is 0. The van der Waals surface area contributed by atoms with Gasteiger partial charge in [0, 0.05) is 0 Å². The Hall–Kier alpha value is 1.16. The van der Waals surface area contributed by atoms with Crippen molar-refractivity contribution in [3.63, 3.8) is 0 Å². The Kier molecular flexibility index (Phi) is 7.23. The van der Waals surface area contributed by atoms with Crippen LogP contribution in [0.5, 0.6) is 0 Å². The Bertz CT molecular complexity index is 137. The summed E-state index contributed by atoms with van der Waals surface area (Å²) in [6.45, 7) is 9.71. The van der Waals surface area contributed by atoms with Crippen molar-refractivity contribution in [2.75, 3.05) is 26.2 Å². The molecule has 0 spiro atoms. The topological polar surface area (TPSA) is 0 Å². The van der Waals surface area contributed by atoms with Gasteiger partial charge >= 0.3 is 104 Å². The third-order valence-electron chi connectivity index (χ3n) is 2.52. The molecule has 0 radical (unpaired) electrons. The molecule has 0 rings (SSSR count). The molecule has 0 heterocycles. The second kappa shape index (κ2) is 6.68. The van der Waals surface area contributed by atoms with Crippen molar-refractivity contribution in [1.82, 2.24) is 0 Å². The Morgan fingerprint density at radius 3 is 1.64 bits per heavy atom. The molecular weight excluding hydrogens is 302 g/mol. The molecule has 0 aliphatic heterocycles. The summed E-state index contributed by atoms with van der Waals surface area (Å²) in [7, 11) is 0. The van der Waals surface area contributed by atoms with Crippen LogP contribution in [-0.4, -0.2) is 26.2 Å². The number of rotatable bonds is 8. The molecule has 0 aromatic carbocycles. The standard InChI is InChI=1S/C12H28IP/c1-5-6-7-8-9-10-11-12-14(2,3,4)13/h5-12H2,1-4H3. The summed E-state index contributed by atoms with van der Waals surface area (Å²) in [5, 5.41) is 0. The van der Waals surface area contributed by atoms with E-state index in [1.165, 1.54) is 51.1 Å². The molecule has 0 aromatic rings. The minimum absolute atomic E-state index is 1.22. The molecule has 88 valence electrons. The van der Waals surface area contributed by atoms with Crippen LogP contribution in [0.3, 0.4) is 0 Å². The second-order valence-electron chi connectivity index (χ2n) is 5.76. The maximum absolute atomic E-state index is 2.72. The molecule has 0 aromatic heterocycles. The molecule has 0 aliphatic carbocycles. The maximum atomic E-state index is 2.72. The molecule has 0 saturated heterocycles. The van der Waals surface area contributed by atoms with E-state index in [4.69, 9.17) is 0 Å². The van der Waals surface area contributed by atoms with Crippen molar-refractivity contribution in [3.8, 4) is 0 Å². The van der Waals surface area contributed by atoms with E-state index >= 15 is 0 Å². The summed E-state index contributed by atoms with van der Waals surface area (Å²) < 4.78 is -1.22. The molecule has 14 heavy (non-hydrogen) atoms. The van der Waals surface area contributed by atoms with Gasteiger partial charge in [-0.3, -0.25) is 0 Å². The number of unbranched alkanes of at least 4 members (excludes halogenated alkanes) is 6. The van der Waals surface area contributed by atoms with Crippen molar-refractivity contribution in [3.05, 3.63) is 0 Å². The zero-order valence-electron chi connectivity index (χ0n) is 10.5. The van der Waals surface area contributed by atoms with Gasteiger partial charge in [0.05, 0.1) is 0 Å². The van der Waals surface area contributed by atoms with Gasteiger partial charge in [-0.2, -0.15) is 0 Å². The van der Waals surface area contributed by atoms with Gasteiger partial charge in [0.2, 0.25) is 0 Å². The summed E-state index contributed by atoms with van der Waals surface area (Å²) in [4.78, 5) is 0. The Labute approximate surface area is 104 Å². The zero-order valence-corrected chi connectivity index (χ0v) is 13.5. The van der Waals surface area contributed by atoms with Crippen LogP contribution in [0.1, 0.15) is 51.9 Å². The Morgan fingerprint density at radius 1 is 0.786 bits per heavy atom. The molecule has 0 nitrogen and oxygen atoms in total. The van der Waals surface area contributed by atoms with Crippen LogP contribution in [0, 0.1) is 0 Å². The van der Waals surface area contributed by atoms with Gasteiger partial charge in [0.25, 0.3) is 0 Å². The van der Waals surface area contributed by atoms with Crippen molar-refractivity contribution in [1.29, 1.82) is 0 Å². The number of hydrogen-bond acceptors (Lipinski definition) is 0. The molecule has 0 unspecified atom stereocenters. The third-order valence-corrected chi connectivity index (χ3v) is 5.79. The van der Waals surface area contributed by atoms with Gasteiger partial charge in [-0.15, -0.1) is 0 Å². The van der Waals surface area contributed by atoms with E-state index in [1.807, 2.05) is 0 Å². The summed E-state index contributed by atoms with van der Waals surface area (Å²) >= 11 is 2.72. The fraction of sp³-hybridized carbons (Fsp3) is 1.00. The van der Waals surface area contributed by atoms with Crippen molar-refractivity contribution in [2.45, 2.75) is 51.9 Å². The van der Waals surface area contributed by atoms with Gasteiger partial charge < -0.3 is 0 Å². The molecule has 0 atom stereocenters. The first-order chi connectivity index (χ1) is 6.31. The predicted octanol–water partition coefficient (Wildman–Crippen LogP) is 5.53. The van der Waals surface area contributed by atoms with E-state index in [-0.39, 0.29) is 0 Å². The summed E-state index contributed by atoms with van der Waals surface area (Å²) in [6, 6.07) is 0. The summed E-state index contributed by atoms with van der Waals surface area (Å²) in [6.07, 6.45) is 11.6. The van der Waals surface area contributed by atoms with Crippen LogP contribution in [0.4, 0.5) is 0 Å². The van der Waals surface area contributed by atoms with E-state index in [9.17, 15) is 0 Å². The normalized spacial score (nSPS) is 15.1. The molecule has 0 saturated carbocycles. The fourth-order valence-electron chi connectivity index (χ4n) is 1.60. The van der Waals surface area contributed by atoms with Crippen molar-refractivity contribution >= 4 is 26.3 Å². The van der Waals surface area contributed by atoms with Gasteiger partial charge in [0.1, 0.15) is 0 Å². The van der Waals surface area contributed by atoms with Gasteiger partial charge in [-0.05, 0) is 0 Å². The van der Waals surface area contributed by atoms with E-state index in [1.54, 1.807) is 0 Å². The fourth-order valence-corrected chi connectivity index (χ4v) is 3.92. The molecule has 0 aliphatic rings. The zero-order chi connectivity index (χ0) is 11.1. The van der Waals surface area contributed by atoms with Crippen LogP contribution in [-0.2, 0) is 0 Å².